The lowest BCUT2D eigenvalue weighted by Crippen LogP contribution is -2.65. The molecule has 1 saturated heterocycles. The molecule has 1 saturated carbocycles. The van der Waals surface area contributed by atoms with E-state index in [-0.39, 0.29) is 11.9 Å². The van der Waals surface area contributed by atoms with E-state index in [9.17, 15) is 4.79 Å². The minimum atomic E-state index is 0.00899. The number of amides is 1. The van der Waals surface area contributed by atoms with Crippen LogP contribution in [0.15, 0.2) is 54.7 Å². The van der Waals surface area contributed by atoms with Crippen molar-refractivity contribution in [3.05, 3.63) is 71.5 Å². The van der Waals surface area contributed by atoms with Crippen molar-refractivity contribution in [2.24, 2.45) is 5.41 Å². The van der Waals surface area contributed by atoms with Gasteiger partial charge in [0.25, 0.3) is 5.91 Å². The van der Waals surface area contributed by atoms with Crippen LogP contribution in [0.3, 0.4) is 0 Å². The number of hydrogen-bond acceptors (Lipinski definition) is 6. The van der Waals surface area contributed by atoms with Crippen LogP contribution >= 0.6 is 0 Å². The molecule has 4 N–H and O–H groups in total. The molecule has 0 unspecified atom stereocenters. The summed E-state index contributed by atoms with van der Waals surface area (Å²) in [6.45, 7) is 5.85. The lowest BCUT2D eigenvalue weighted by Gasteiger charge is -2.54. The molecule has 180 valence electrons. The van der Waals surface area contributed by atoms with E-state index in [0.717, 1.165) is 53.9 Å². The van der Waals surface area contributed by atoms with Crippen LogP contribution in [0.25, 0.3) is 11.1 Å². The molecular formula is C28H31N5O2. The molecule has 1 amide bonds. The number of carbonyl (C=O) groups excluding carboxylic acids is 1. The summed E-state index contributed by atoms with van der Waals surface area (Å²) in [6.07, 6.45) is 3.78. The minimum Gasteiger partial charge on any atom is -0.456 e. The zero-order valence-electron chi connectivity index (χ0n) is 20.4. The number of aromatic nitrogens is 1. The molecule has 2 heterocycles. The summed E-state index contributed by atoms with van der Waals surface area (Å²) in [5.41, 5.74) is 5.88. The summed E-state index contributed by atoms with van der Waals surface area (Å²) in [5.74, 6) is 1.29. The van der Waals surface area contributed by atoms with E-state index < -0.39 is 0 Å². The molecule has 0 atom stereocenters. The summed E-state index contributed by atoms with van der Waals surface area (Å²) in [5, 5.41) is 17.5. The van der Waals surface area contributed by atoms with Gasteiger partial charge in [0, 0.05) is 37.8 Å². The number of aryl methyl sites for hydroxylation is 1. The first-order valence-corrected chi connectivity index (χ1v) is 12.0. The van der Waals surface area contributed by atoms with Gasteiger partial charge in [0.1, 0.15) is 17.2 Å². The summed E-state index contributed by atoms with van der Waals surface area (Å²) in [7, 11) is 1.80. The third-order valence-corrected chi connectivity index (χ3v) is 7.06. The van der Waals surface area contributed by atoms with Crippen molar-refractivity contribution in [2.45, 2.75) is 32.7 Å². The summed E-state index contributed by atoms with van der Waals surface area (Å²) < 4.78 is 6.06. The zero-order chi connectivity index (χ0) is 24.6. The predicted molar refractivity (Wildman–Crippen MR) is 139 cm³/mol. The quantitative estimate of drug-likeness (QED) is 0.374. The highest BCUT2D eigenvalue weighted by atomic mass is 16.5. The van der Waals surface area contributed by atoms with E-state index >= 15 is 0 Å². The average molecular weight is 470 g/mol. The molecule has 0 bridgehead atoms. The maximum atomic E-state index is 12.8. The Morgan fingerprint density at radius 3 is 2.54 bits per heavy atom. The number of ether oxygens (including phenoxy) is 1. The Labute approximate surface area is 205 Å². The molecule has 1 aliphatic carbocycles. The van der Waals surface area contributed by atoms with E-state index in [1.807, 2.05) is 49.4 Å². The van der Waals surface area contributed by atoms with E-state index in [4.69, 9.17) is 10.1 Å². The second-order valence-electron chi connectivity index (χ2n) is 9.78. The van der Waals surface area contributed by atoms with Crippen LogP contribution in [-0.4, -0.2) is 42.8 Å². The number of nitrogens with zero attached hydrogens (tertiary/aromatic N) is 1. The third kappa shape index (κ3) is 4.64. The molecule has 1 spiro atoms. The van der Waals surface area contributed by atoms with Crippen molar-refractivity contribution in [1.29, 1.82) is 5.41 Å². The van der Waals surface area contributed by atoms with Crippen LogP contribution < -0.4 is 20.7 Å². The fourth-order valence-electron chi connectivity index (χ4n) is 5.08. The fraction of sp³-hybridized carbons (Fsp3) is 0.321. The van der Waals surface area contributed by atoms with E-state index in [0.29, 0.717) is 28.3 Å². The van der Waals surface area contributed by atoms with Gasteiger partial charge >= 0.3 is 0 Å². The highest BCUT2D eigenvalue weighted by molar-refractivity contribution is 5.99. The second kappa shape index (κ2) is 9.15. The molecule has 35 heavy (non-hydrogen) atoms. The molecule has 2 aromatic carbocycles. The number of carbonyl (C=O) groups is 1. The van der Waals surface area contributed by atoms with Crippen LogP contribution in [0, 0.1) is 17.7 Å². The van der Waals surface area contributed by atoms with Crippen molar-refractivity contribution in [2.75, 3.05) is 25.5 Å². The number of hydrogen-bond donors (Lipinski definition) is 4. The Kier molecular flexibility index (Phi) is 6.03. The number of rotatable bonds is 7. The van der Waals surface area contributed by atoms with Crippen molar-refractivity contribution >= 4 is 17.3 Å². The standard InChI is InChI=1S/C28H31N5O2/c1-17-9-20(7-8-24(17)27(34)33-21-12-28(13-21)15-31-16-28)19-5-4-6-22(10-19)35-23-11-25(30-3)26(18(2)29)32-14-23/h4-11,14,21,29-31H,12-13,15-16H2,1-3H3,(H,33,34). The Morgan fingerprint density at radius 1 is 1.11 bits per heavy atom. The second-order valence-corrected chi connectivity index (χ2v) is 9.78. The summed E-state index contributed by atoms with van der Waals surface area (Å²) >= 11 is 0. The third-order valence-electron chi connectivity index (χ3n) is 7.06. The summed E-state index contributed by atoms with van der Waals surface area (Å²) in [4.78, 5) is 17.2. The molecule has 5 rings (SSSR count). The first-order chi connectivity index (χ1) is 16.9. The smallest absolute Gasteiger partial charge is 0.251 e. The van der Waals surface area contributed by atoms with Crippen molar-refractivity contribution in [3.8, 4) is 22.6 Å². The number of pyridine rings is 1. The lowest BCUT2D eigenvalue weighted by molar-refractivity contribution is 0.0232. The van der Waals surface area contributed by atoms with Gasteiger partial charge in [-0.15, -0.1) is 0 Å². The predicted octanol–water partition coefficient (Wildman–Crippen LogP) is 4.76. The normalized spacial score (nSPS) is 16.2. The highest BCUT2D eigenvalue weighted by Gasteiger charge is 2.48. The first kappa shape index (κ1) is 23.1. The lowest BCUT2D eigenvalue weighted by atomic mass is 9.61. The number of benzene rings is 2. The van der Waals surface area contributed by atoms with Gasteiger partial charge in [0.2, 0.25) is 0 Å². The topological polar surface area (TPSA) is 99.1 Å². The van der Waals surface area contributed by atoms with Gasteiger partial charge in [0.15, 0.2) is 0 Å². The molecule has 7 nitrogen and oxygen atoms in total. The van der Waals surface area contributed by atoms with Crippen LogP contribution in [-0.2, 0) is 0 Å². The molecule has 2 aliphatic rings. The van der Waals surface area contributed by atoms with Gasteiger partial charge < -0.3 is 26.1 Å². The van der Waals surface area contributed by atoms with E-state index in [1.54, 1.807) is 20.2 Å². The minimum absolute atomic E-state index is 0.00899. The van der Waals surface area contributed by atoms with Crippen LogP contribution in [0.1, 0.15) is 41.4 Å². The van der Waals surface area contributed by atoms with E-state index in [1.165, 1.54) is 0 Å². The molecule has 1 aromatic heterocycles. The first-order valence-electron chi connectivity index (χ1n) is 12.0. The fourth-order valence-corrected chi connectivity index (χ4v) is 5.08. The van der Waals surface area contributed by atoms with Gasteiger partial charge in [-0.1, -0.05) is 24.3 Å². The van der Waals surface area contributed by atoms with Crippen molar-refractivity contribution < 1.29 is 9.53 Å². The van der Waals surface area contributed by atoms with E-state index in [2.05, 4.69) is 27.0 Å². The van der Waals surface area contributed by atoms with Crippen molar-refractivity contribution in [3.63, 3.8) is 0 Å². The molecule has 0 radical (unpaired) electrons. The van der Waals surface area contributed by atoms with Crippen LogP contribution in [0.5, 0.6) is 11.5 Å². The molecule has 2 fully saturated rings. The summed E-state index contributed by atoms with van der Waals surface area (Å²) in [6, 6.07) is 15.9. The number of anilines is 1. The Morgan fingerprint density at radius 2 is 1.89 bits per heavy atom. The highest BCUT2D eigenvalue weighted by Crippen LogP contribution is 2.44. The zero-order valence-corrected chi connectivity index (χ0v) is 20.4. The SMILES string of the molecule is CNc1cc(Oc2cccc(-c3ccc(C(=O)NC4CC5(CNC5)C4)c(C)c3)c2)cnc1C(C)=N. The Hall–Kier alpha value is -3.71. The largest absolute Gasteiger partial charge is 0.456 e. The van der Waals surface area contributed by atoms with Gasteiger partial charge in [0.05, 0.1) is 17.6 Å². The molecule has 1 aliphatic heterocycles. The Bertz CT molecular complexity index is 1290. The maximum Gasteiger partial charge on any atom is 0.251 e. The molecule has 7 heteroatoms. The van der Waals surface area contributed by atoms with Gasteiger partial charge in [-0.05, 0) is 67.0 Å². The molecule has 3 aromatic rings. The van der Waals surface area contributed by atoms with Gasteiger partial charge in [-0.3, -0.25) is 4.79 Å². The Balaban J connectivity index is 1.29. The monoisotopic (exact) mass is 469 g/mol. The average Bonchev–Trinajstić information content (AvgIpc) is 2.79. The van der Waals surface area contributed by atoms with Gasteiger partial charge in [-0.2, -0.15) is 0 Å². The van der Waals surface area contributed by atoms with Crippen LogP contribution in [0.2, 0.25) is 0 Å². The number of nitrogens with one attached hydrogen (secondary N) is 4. The maximum absolute atomic E-state index is 12.8. The molecular weight excluding hydrogens is 438 g/mol. The van der Waals surface area contributed by atoms with Gasteiger partial charge in [-0.25, -0.2) is 4.98 Å². The van der Waals surface area contributed by atoms with Crippen LogP contribution in [0.4, 0.5) is 5.69 Å². The van der Waals surface area contributed by atoms with Crippen molar-refractivity contribution in [1.82, 2.24) is 15.6 Å².